The minimum atomic E-state index is -1.63. The topological polar surface area (TPSA) is 52.4 Å². The van der Waals surface area contributed by atoms with E-state index in [9.17, 15) is 10.1 Å². The van der Waals surface area contributed by atoms with Gasteiger partial charge in [0.15, 0.2) is 8.32 Å². The number of hydrogen-bond acceptors (Lipinski definition) is 3. The summed E-state index contributed by atoms with van der Waals surface area (Å²) in [7, 11) is -1.63. The van der Waals surface area contributed by atoms with Gasteiger partial charge in [0.25, 0.3) is 0 Å². The molecule has 0 spiro atoms. The highest BCUT2D eigenvalue weighted by molar-refractivity contribution is 6.69. The molecule has 4 nitrogen and oxygen atoms in total. The van der Waals surface area contributed by atoms with Crippen LogP contribution >= 0.6 is 0 Å². The maximum absolute atomic E-state index is 10.4. The fourth-order valence-corrected chi connectivity index (χ4v) is 3.32. The molecular weight excluding hydrogens is 186 g/mol. The lowest BCUT2D eigenvalue weighted by Crippen LogP contribution is -2.52. The number of nitro groups is 1. The third kappa shape index (κ3) is 3.08. The van der Waals surface area contributed by atoms with Gasteiger partial charge in [-0.05, 0) is 38.9 Å². The average molecular weight is 203 g/mol. The van der Waals surface area contributed by atoms with Crippen molar-refractivity contribution in [1.29, 1.82) is 0 Å². The predicted octanol–water partition coefficient (Wildman–Crippen LogP) is 2.04. The normalized spacial score (nSPS) is 20.8. The van der Waals surface area contributed by atoms with Crippen LogP contribution in [0.3, 0.4) is 0 Å². The smallest absolute Gasteiger partial charge is 0.231 e. The maximum atomic E-state index is 10.4. The van der Waals surface area contributed by atoms with Crippen molar-refractivity contribution >= 4 is 8.32 Å². The van der Waals surface area contributed by atoms with Crippen molar-refractivity contribution in [3.05, 3.63) is 10.1 Å². The van der Waals surface area contributed by atoms with E-state index >= 15 is 0 Å². The highest BCUT2D eigenvalue weighted by Gasteiger charge is 2.45. The summed E-state index contributed by atoms with van der Waals surface area (Å²) in [6, 6.07) is 0. The monoisotopic (exact) mass is 203 g/mol. The summed E-state index contributed by atoms with van der Waals surface area (Å²) in [4.78, 5) is 10.2. The molecule has 76 valence electrons. The number of hydrogen-bond donors (Lipinski definition) is 0. The van der Waals surface area contributed by atoms with E-state index in [1.165, 1.54) is 0 Å². The molecule has 0 N–H and O–H groups in total. The van der Waals surface area contributed by atoms with Crippen molar-refractivity contribution in [2.24, 2.45) is 0 Å². The van der Waals surface area contributed by atoms with Crippen LogP contribution in [0.15, 0.2) is 0 Å². The first-order valence-corrected chi connectivity index (χ1v) is 8.06. The second-order valence-electron chi connectivity index (χ2n) is 4.74. The van der Waals surface area contributed by atoms with Gasteiger partial charge in [-0.3, -0.25) is 10.1 Å². The van der Waals surface area contributed by atoms with Crippen LogP contribution in [-0.2, 0) is 4.43 Å². The molecule has 0 heterocycles. The van der Waals surface area contributed by atoms with Crippen molar-refractivity contribution in [2.45, 2.75) is 44.5 Å². The number of nitrogens with zero attached hydrogens (tertiary/aromatic N) is 1. The summed E-state index contributed by atoms with van der Waals surface area (Å²) < 4.78 is 5.87. The van der Waals surface area contributed by atoms with Gasteiger partial charge in [0.1, 0.15) is 5.60 Å². The molecule has 0 atom stereocenters. The van der Waals surface area contributed by atoms with Gasteiger partial charge >= 0.3 is 0 Å². The fourth-order valence-electron chi connectivity index (χ4n) is 1.75. The van der Waals surface area contributed by atoms with E-state index in [4.69, 9.17) is 4.43 Å². The number of rotatable bonds is 4. The van der Waals surface area contributed by atoms with Crippen LogP contribution < -0.4 is 0 Å². The van der Waals surface area contributed by atoms with E-state index in [-0.39, 0.29) is 11.5 Å². The molecular formula is C8H17NO3Si. The Morgan fingerprint density at radius 1 is 1.46 bits per heavy atom. The fraction of sp³-hybridized carbons (Fsp3) is 1.00. The molecule has 1 aliphatic rings. The second kappa shape index (κ2) is 3.38. The van der Waals surface area contributed by atoms with Crippen LogP contribution in [0, 0.1) is 10.1 Å². The zero-order valence-corrected chi connectivity index (χ0v) is 9.50. The molecule has 13 heavy (non-hydrogen) atoms. The van der Waals surface area contributed by atoms with Crippen LogP contribution in [0.25, 0.3) is 0 Å². The van der Waals surface area contributed by atoms with E-state index in [1.54, 1.807) is 0 Å². The third-order valence-electron chi connectivity index (χ3n) is 2.20. The lowest BCUT2D eigenvalue weighted by Gasteiger charge is -2.42. The lowest BCUT2D eigenvalue weighted by atomic mass is 9.80. The molecule has 0 amide bonds. The Morgan fingerprint density at radius 2 is 2.00 bits per heavy atom. The molecule has 5 heteroatoms. The van der Waals surface area contributed by atoms with Crippen molar-refractivity contribution in [3.63, 3.8) is 0 Å². The SMILES string of the molecule is C[Si](C)(C)OC1(C[N+](=O)[O-])CCC1. The molecule has 1 saturated carbocycles. The summed E-state index contributed by atoms with van der Waals surface area (Å²) in [5, 5.41) is 10.4. The van der Waals surface area contributed by atoms with E-state index in [2.05, 4.69) is 19.6 Å². The summed E-state index contributed by atoms with van der Waals surface area (Å²) in [6.07, 6.45) is 2.79. The highest BCUT2D eigenvalue weighted by Crippen LogP contribution is 2.38. The van der Waals surface area contributed by atoms with Gasteiger partial charge in [-0.2, -0.15) is 0 Å². The highest BCUT2D eigenvalue weighted by atomic mass is 28.4. The molecule has 1 rings (SSSR count). The first kappa shape index (κ1) is 10.7. The average Bonchev–Trinajstić information content (AvgIpc) is 1.78. The van der Waals surface area contributed by atoms with Crippen LogP contribution in [0.2, 0.25) is 19.6 Å². The zero-order chi connectivity index (χ0) is 10.1. The van der Waals surface area contributed by atoms with Gasteiger partial charge in [0.05, 0.1) is 0 Å². The van der Waals surface area contributed by atoms with E-state index in [1.807, 2.05) is 0 Å². The standard InChI is InChI=1S/C8H17NO3Si/c1-13(2,3)12-8(5-4-6-8)7-9(10)11/h4-7H2,1-3H3. The summed E-state index contributed by atoms with van der Waals surface area (Å²) in [5.41, 5.74) is -0.409. The molecule has 0 aromatic rings. The van der Waals surface area contributed by atoms with Gasteiger partial charge in [-0.1, -0.05) is 0 Å². The van der Waals surface area contributed by atoms with Crippen LogP contribution in [-0.4, -0.2) is 25.4 Å². The molecule has 0 unspecified atom stereocenters. The summed E-state index contributed by atoms with van der Waals surface area (Å²) in [5.74, 6) is 0. The van der Waals surface area contributed by atoms with Gasteiger partial charge in [-0.15, -0.1) is 0 Å². The molecule has 0 saturated heterocycles. The maximum Gasteiger partial charge on any atom is 0.231 e. The Balaban J connectivity index is 2.55. The molecule has 0 aromatic heterocycles. The quantitative estimate of drug-likeness (QED) is 0.399. The van der Waals surface area contributed by atoms with E-state index in [0.29, 0.717) is 0 Å². The van der Waals surface area contributed by atoms with Gasteiger partial charge < -0.3 is 4.43 Å². The first-order chi connectivity index (χ1) is 5.83. The van der Waals surface area contributed by atoms with E-state index < -0.39 is 13.9 Å². The van der Waals surface area contributed by atoms with Crippen LogP contribution in [0.1, 0.15) is 19.3 Å². The van der Waals surface area contributed by atoms with Crippen LogP contribution in [0.4, 0.5) is 0 Å². The zero-order valence-electron chi connectivity index (χ0n) is 8.50. The molecule has 0 bridgehead atoms. The third-order valence-corrected chi connectivity index (χ3v) is 3.25. The molecule has 1 aliphatic carbocycles. The van der Waals surface area contributed by atoms with Crippen molar-refractivity contribution in [1.82, 2.24) is 0 Å². The summed E-state index contributed by atoms with van der Waals surface area (Å²) >= 11 is 0. The van der Waals surface area contributed by atoms with Crippen molar-refractivity contribution in [3.8, 4) is 0 Å². The van der Waals surface area contributed by atoms with Gasteiger partial charge in [0.2, 0.25) is 6.54 Å². The Kier molecular flexibility index (Phi) is 2.77. The first-order valence-electron chi connectivity index (χ1n) is 4.65. The minimum Gasteiger partial charge on any atom is -0.406 e. The van der Waals surface area contributed by atoms with E-state index in [0.717, 1.165) is 19.3 Å². The van der Waals surface area contributed by atoms with Crippen LogP contribution in [0.5, 0.6) is 0 Å². The Labute approximate surface area is 79.6 Å². The second-order valence-corrected chi connectivity index (χ2v) is 9.17. The molecule has 0 aromatic carbocycles. The molecule has 0 radical (unpaired) electrons. The molecule has 0 aliphatic heterocycles. The van der Waals surface area contributed by atoms with Crippen molar-refractivity contribution in [2.75, 3.05) is 6.54 Å². The largest absolute Gasteiger partial charge is 0.406 e. The van der Waals surface area contributed by atoms with Crippen molar-refractivity contribution < 1.29 is 9.35 Å². The Morgan fingerprint density at radius 3 is 2.23 bits per heavy atom. The van der Waals surface area contributed by atoms with Gasteiger partial charge in [-0.25, -0.2) is 0 Å². The van der Waals surface area contributed by atoms with Gasteiger partial charge in [0, 0.05) is 4.92 Å². The minimum absolute atomic E-state index is 0.0166. The Hall–Kier alpha value is -0.423. The predicted molar refractivity (Wildman–Crippen MR) is 52.9 cm³/mol. The molecule has 1 fully saturated rings. The Bertz CT molecular complexity index is 208. The summed E-state index contributed by atoms with van der Waals surface area (Å²) in [6.45, 7) is 6.21. The lowest BCUT2D eigenvalue weighted by molar-refractivity contribution is -0.503.